The Balaban J connectivity index is 2.83. The Hall–Kier alpha value is -1.75. The number of rotatable bonds is 5. The molecule has 0 amide bonds. The van der Waals surface area contributed by atoms with Gasteiger partial charge in [-0.2, -0.15) is 0 Å². The molecule has 1 aromatic carbocycles. The topological polar surface area (TPSA) is 67.8 Å². The fraction of sp³-hybridized carbons (Fsp3) is 0.462. The summed E-state index contributed by atoms with van der Waals surface area (Å²) in [6.07, 6.45) is 0. The average Bonchev–Trinajstić information content (AvgIpc) is 2.38. The Kier molecular flexibility index (Phi) is 4.97. The Bertz CT molecular complexity index is 419. The SMILES string of the molecule is COC(=O)C(C)NC(C)c1cc(OC)ccc1O. The van der Waals surface area contributed by atoms with Crippen molar-refractivity contribution >= 4 is 5.97 Å². The number of phenols is 1. The highest BCUT2D eigenvalue weighted by molar-refractivity contribution is 5.75. The van der Waals surface area contributed by atoms with Crippen LogP contribution < -0.4 is 10.1 Å². The molecule has 0 radical (unpaired) electrons. The minimum absolute atomic E-state index is 0.160. The zero-order valence-electron chi connectivity index (χ0n) is 11.1. The minimum Gasteiger partial charge on any atom is -0.508 e. The molecule has 2 unspecified atom stereocenters. The van der Waals surface area contributed by atoms with Crippen molar-refractivity contribution in [2.75, 3.05) is 14.2 Å². The molecule has 5 heteroatoms. The van der Waals surface area contributed by atoms with Gasteiger partial charge in [0.2, 0.25) is 0 Å². The predicted molar refractivity (Wildman–Crippen MR) is 67.7 cm³/mol. The summed E-state index contributed by atoms with van der Waals surface area (Å²) >= 11 is 0. The molecule has 100 valence electrons. The van der Waals surface area contributed by atoms with Gasteiger partial charge in [-0.25, -0.2) is 0 Å². The number of benzene rings is 1. The van der Waals surface area contributed by atoms with Gasteiger partial charge in [-0.1, -0.05) is 0 Å². The molecule has 0 fully saturated rings. The number of methoxy groups -OCH3 is 2. The predicted octanol–water partition coefficient (Wildman–Crippen LogP) is 1.61. The van der Waals surface area contributed by atoms with Crippen molar-refractivity contribution in [3.05, 3.63) is 23.8 Å². The van der Waals surface area contributed by atoms with Crippen LogP contribution >= 0.6 is 0 Å². The Morgan fingerprint density at radius 2 is 2.00 bits per heavy atom. The molecule has 0 spiro atoms. The van der Waals surface area contributed by atoms with E-state index >= 15 is 0 Å². The zero-order chi connectivity index (χ0) is 13.7. The van der Waals surface area contributed by atoms with Gasteiger partial charge in [0.15, 0.2) is 0 Å². The van der Waals surface area contributed by atoms with Crippen LogP contribution in [0, 0.1) is 0 Å². The van der Waals surface area contributed by atoms with Gasteiger partial charge in [-0.15, -0.1) is 0 Å². The second-order valence-corrected chi connectivity index (χ2v) is 4.06. The lowest BCUT2D eigenvalue weighted by Crippen LogP contribution is -2.36. The minimum atomic E-state index is -0.449. The maximum absolute atomic E-state index is 11.3. The van der Waals surface area contributed by atoms with E-state index in [4.69, 9.17) is 4.74 Å². The molecule has 0 aliphatic carbocycles. The molecule has 0 saturated heterocycles. The van der Waals surface area contributed by atoms with Gasteiger partial charge in [0.05, 0.1) is 14.2 Å². The van der Waals surface area contributed by atoms with Crippen LogP contribution in [0.3, 0.4) is 0 Å². The van der Waals surface area contributed by atoms with E-state index in [-0.39, 0.29) is 17.8 Å². The summed E-state index contributed by atoms with van der Waals surface area (Å²) in [5.41, 5.74) is 0.671. The van der Waals surface area contributed by atoms with Gasteiger partial charge in [0, 0.05) is 11.6 Å². The highest BCUT2D eigenvalue weighted by Crippen LogP contribution is 2.28. The number of hydrogen-bond donors (Lipinski definition) is 2. The molecule has 0 aliphatic heterocycles. The van der Waals surface area contributed by atoms with Crippen LogP contribution in [0.5, 0.6) is 11.5 Å². The lowest BCUT2D eigenvalue weighted by atomic mass is 10.1. The van der Waals surface area contributed by atoms with Crippen molar-refractivity contribution in [2.24, 2.45) is 0 Å². The molecule has 0 saturated carbocycles. The average molecular weight is 253 g/mol. The lowest BCUT2D eigenvalue weighted by molar-refractivity contribution is -0.142. The van der Waals surface area contributed by atoms with E-state index < -0.39 is 6.04 Å². The van der Waals surface area contributed by atoms with Gasteiger partial charge in [-0.3, -0.25) is 10.1 Å². The first-order valence-electron chi connectivity index (χ1n) is 5.70. The quantitative estimate of drug-likeness (QED) is 0.780. The summed E-state index contributed by atoms with van der Waals surface area (Å²) in [7, 11) is 2.90. The number of ether oxygens (including phenoxy) is 2. The number of phenolic OH excluding ortho intramolecular Hbond substituents is 1. The first-order chi connectivity index (χ1) is 8.49. The standard InChI is InChI=1S/C13H19NO4/c1-8(14-9(2)13(16)18-4)11-7-10(17-3)5-6-12(11)15/h5-9,14-15H,1-4H3. The molecule has 5 nitrogen and oxygen atoms in total. The number of carbonyl (C=O) groups excluding carboxylic acids is 1. The van der Waals surface area contributed by atoms with Crippen molar-refractivity contribution in [2.45, 2.75) is 25.9 Å². The van der Waals surface area contributed by atoms with E-state index in [1.165, 1.54) is 7.11 Å². The highest BCUT2D eigenvalue weighted by Gasteiger charge is 2.18. The Morgan fingerprint density at radius 3 is 2.56 bits per heavy atom. The van der Waals surface area contributed by atoms with Crippen molar-refractivity contribution in [1.29, 1.82) is 0 Å². The van der Waals surface area contributed by atoms with E-state index in [1.807, 2.05) is 6.92 Å². The second-order valence-electron chi connectivity index (χ2n) is 4.06. The normalized spacial score (nSPS) is 13.8. The third-order valence-electron chi connectivity index (χ3n) is 2.76. The summed E-state index contributed by atoms with van der Waals surface area (Å²) in [6.45, 7) is 3.56. The van der Waals surface area contributed by atoms with Crippen LogP contribution in [0.15, 0.2) is 18.2 Å². The van der Waals surface area contributed by atoms with Gasteiger partial charge >= 0.3 is 5.97 Å². The fourth-order valence-electron chi connectivity index (χ4n) is 1.72. The Morgan fingerprint density at radius 1 is 1.33 bits per heavy atom. The maximum atomic E-state index is 11.3. The summed E-state index contributed by atoms with van der Waals surface area (Å²) in [6, 6.07) is 4.33. The van der Waals surface area contributed by atoms with E-state index in [9.17, 15) is 9.90 Å². The maximum Gasteiger partial charge on any atom is 0.322 e. The molecular formula is C13H19NO4. The van der Waals surface area contributed by atoms with Gasteiger partial charge in [0.1, 0.15) is 17.5 Å². The van der Waals surface area contributed by atoms with E-state index in [2.05, 4.69) is 10.1 Å². The third kappa shape index (κ3) is 3.37. The van der Waals surface area contributed by atoms with Gasteiger partial charge in [-0.05, 0) is 32.0 Å². The molecule has 1 aromatic rings. The van der Waals surface area contributed by atoms with Crippen LogP contribution in [-0.4, -0.2) is 31.3 Å². The van der Waals surface area contributed by atoms with Crippen molar-refractivity contribution in [1.82, 2.24) is 5.32 Å². The van der Waals surface area contributed by atoms with Crippen molar-refractivity contribution in [3.63, 3.8) is 0 Å². The number of esters is 1. The molecule has 2 N–H and O–H groups in total. The lowest BCUT2D eigenvalue weighted by Gasteiger charge is -2.20. The van der Waals surface area contributed by atoms with E-state index in [0.29, 0.717) is 11.3 Å². The molecule has 0 heterocycles. The van der Waals surface area contributed by atoms with Crippen LogP contribution in [0.1, 0.15) is 25.5 Å². The fourth-order valence-corrected chi connectivity index (χ4v) is 1.72. The Labute approximate surface area is 107 Å². The first kappa shape index (κ1) is 14.3. The van der Waals surface area contributed by atoms with Crippen molar-refractivity contribution in [3.8, 4) is 11.5 Å². The summed E-state index contributed by atoms with van der Waals surface area (Å²) in [5, 5.41) is 12.8. The van der Waals surface area contributed by atoms with Gasteiger partial charge in [0.25, 0.3) is 0 Å². The third-order valence-corrected chi connectivity index (χ3v) is 2.76. The summed E-state index contributed by atoms with van der Waals surface area (Å²) in [4.78, 5) is 11.3. The summed E-state index contributed by atoms with van der Waals surface area (Å²) in [5.74, 6) is 0.472. The van der Waals surface area contributed by atoms with Crippen LogP contribution in [0.2, 0.25) is 0 Å². The smallest absolute Gasteiger partial charge is 0.322 e. The number of carbonyl (C=O) groups is 1. The molecule has 18 heavy (non-hydrogen) atoms. The number of aromatic hydroxyl groups is 1. The van der Waals surface area contributed by atoms with E-state index in [1.54, 1.807) is 32.2 Å². The molecule has 1 rings (SSSR count). The summed E-state index contributed by atoms with van der Waals surface area (Å²) < 4.78 is 9.74. The van der Waals surface area contributed by atoms with Crippen molar-refractivity contribution < 1.29 is 19.4 Å². The largest absolute Gasteiger partial charge is 0.508 e. The van der Waals surface area contributed by atoms with Crippen LogP contribution in [0.25, 0.3) is 0 Å². The number of hydrogen-bond acceptors (Lipinski definition) is 5. The monoisotopic (exact) mass is 253 g/mol. The zero-order valence-corrected chi connectivity index (χ0v) is 11.1. The highest BCUT2D eigenvalue weighted by atomic mass is 16.5. The molecule has 0 aromatic heterocycles. The second kappa shape index (κ2) is 6.26. The molecular weight excluding hydrogens is 234 g/mol. The first-order valence-corrected chi connectivity index (χ1v) is 5.70. The van der Waals surface area contributed by atoms with E-state index in [0.717, 1.165) is 0 Å². The molecule has 2 atom stereocenters. The van der Waals surface area contributed by atoms with Gasteiger partial charge < -0.3 is 14.6 Å². The number of nitrogens with one attached hydrogen (secondary N) is 1. The molecule has 0 bridgehead atoms. The van der Waals surface area contributed by atoms with Crippen LogP contribution in [0.4, 0.5) is 0 Å². The molecule has 0 aliphatic rings. The van der Waals surface area contributed by atoms with Crippen LogP contribution in [-0.2, 0) is 9.53 Å².